The topological polar surface area (TPSA) is 35.5 Å². The van der Waals surface area contributed by atoms with Crippen LogP contribution in [0.25, 0.3) is 0 Å². The van der Waals surface area contributed by atoms with Gasteiger partial charge in [-0.3, -0.25) is 4.79 Å². The lowest BCUT2D eigenvalue weighted by Crippen LogP contribution is -2.23. The van der Waals surface area contributed by atoms with E-state index in [0.717, 1.165) is 18.6 Å². The largest absolute Gasteiger partial charge is 0.490 e. The van der Waals surface area contributed by atoms with Crippen LogP contribution in [0.4, 0.5) is 0 Å². The van der Waals surface area contributed by atoms with Crippen LogP contribution < -0.4 is 4.74 Å². The minimum atomic E-state index is -0.0691. The van der Waals surface area contributed by atoms with Crippen LogP contribution in [0.1, 0.15) is 37.8 Å². The van der Waals surface area contributed by atoms with Gasteiger partial charge in [0.1, 0.15) is 19.0 Å². The summed E-state index contributed by atoms with van der Waals surface area (Å²) in [5, 5.41) is 0. The molecule has 1 fully saturated rings. The highest BCUT2D eigenvalue weighted by atomic mass is 16.6. The van der Waals surface area contributed by atoms with E-state index in [1.165, 1.54) is 11.1 Å². The van der Waals surface area contributed by atoms with Crippen LogP contribution in [0.2, 0.25) is 0 Å². The number of allylic oxidation sites excluding steroid dienone is 2. The summed E-state index contributed by atoms with van der Waals surface area (Å²) < 4.78 is 11.2. The number of benzene rings is 2. The lowest BCUT2D eigenvalue weighted by atomic mass is 9.78. The van der Waals surface area contributed by atoms with Crippen molar-refractivity contribution in [2.75, 3.05) is 13.2 Å². The Morgan fingerprint density at radius 1 is 0.929 bits per heavy atom. The Morgan fingerprint density at radius 3 is 2.29 bits per heavy atom. The molecule has 0 amide bonds. The summed E-state index contributed by atoms with van der Waals surface area (Å²) in [6.45, 7) is 5.13. The molecule has 4 rings (SSSR count). The van der Waals surface area contributed by atoms with Crippen molar-refractivity contribution in [3.05, 3.63) is 77.9 Å². The second-order valence-electron chi connectivity index (χ2n) is 8.42. The number of hydrogen-bond acceptors (Lipinski definition) is 3. The highest BCUT2D eigenvalue weighted by molar-refractivity contribution is 5.74. The van der Waals surface area contributed by atoms with E-state index in [1.807, 2.05) is 18.2 Å². The molecule has 3 unspecified atom stereocenters. The van der Waals surface area contributed by atoms with Gasteiger partial charge in [0.15, 0.2) is 0 Å². The second kappa shape index (κ2) is 7.83. The quantitative estimate of drug-likeness (QED) is 0.381. The fourth-order valence-corrected chi connectivity index (χ4v) is 4.45. The number of rotatable bonds is 7. The maximum Gasteiger partial charge on any atom is 0.309 e. The SMILES string of the molecule is CC(C)(c1ccccc1)c1ccc(OCCOC(=O)C2CC3C=CC2C3)cc1. The maximum atomic E-state index is 12.2. The van der Waals surface area contributed by atoms with Crippen molar-refractivity contribution < 1.29 is 14.3 Å². The molecular weight excluding hydrogens is 348 g/mol. The Balaban J connectivity index is 1.26. The predicted octanol–water partition coefficient (Wildman–Crippen LogP) is 5.15. The number of ether oxygens (including phenoxy) is 2. The van der Waals surface area contributed by atoms with E-state index in [0.29, 0.717) is 25.0 Å². The number of fused-ring (bicyclic) bond motifs is 2. The summed E-state index contributed by atoms with van der Waals surface area (Å²) in [6.07, 6.45) is 6.47. The third-order valence-electron chi connectivity index (χ3n) is 6.25. The zero-order valence-electron chi connectivity index (χ0n) is 16.6. The Kier molecular flexibility index (Phi) is 5.25. The Bertz CT molecular complexity index is 836. The number of hydrogen-bond donors (Lipinski definition) is 0. The van der Waals surface area contributed by atoms with E-state index in [1.54, 1.807) is 0 Å². The van der Waals surface area contributed by atoms with Crippen molar-refractivity contribution in [3.63, 3.8) is 0 Å². The van der Waals surface area contributed by atoms with Crippen LogP contribution in [-0.2, 0) is 14.9 Å². The van der Waals surface area contributed by atoms with Crippen molar-refractivity contribution in [2.45, 2.75) is 32.1 Å². The lowest BCUT2D eigenvalue weighted by molar-refractivity contribution is -0.150. The van der Waals surface area contributed by atoms with Gasteiger partial charge in [-0.1, -0.05) is 68.5 Å². The molecule has 0 radical (unpaired) electrons. The summed E-state index contributed by atoms with van der Waals surface area (Å²) >= 11 is 0. The Morgan fingerprint density at radius 2 is 1.64 bits per heavy atom. The van der Waals surface area contributed by atoms with Gasteiger partial charge >= 0.3 is 5.97 Å². The molecule has 0 aliphatic heterocycles. The van der Waals surface area contributed by atoms with Crippen molar-refractivity contribution in [1.29, 1.82) is 0 Å². The first-order valence-corrected chi connectivity index (χ1v) is 10.2. The third-order valence-corrected chi connectivity index (χ3v) is 6.25. The van der Waals surface area contributed by atoms with Gasteiger partial charge < -0.3 is 9.47 Å². The van der Waals surface area contributed by atoms with Gasteiger partial charge in [-0.2, -0.15) is 0 Å². The molecular formula is C25H28O3. The highest BCUT2D eigenvalue weighted by Crippen LogP contribution is 2.43. The van der Waals surface area contributed by atoms with Crippen LogP contribution in [0.5, 0.6) is 5.75 Å². The lowest BCUT2D eigenvalue weighted by Gasteiger charge is -2.26. The summed E-state index contributed by atoms with van der Waals surface area (Å²) in [4.78, 5) is 12.2. The molecule has 3 atom stereocenters. The Hall–Kier alpha value is -2.55. The van der Waals surface area contributed by atoms with Crippen molar-refractivity contribution in [3.8, 4) is 5.75 Å². The summed E-state index contributed by atoms with van der Waals surface area (Å²) in [6, 6.07) is 18.7. The maximum absolute atomic E-state index is 12.2. The van der Waals surface area contributed by atoms with Crippen LogP contribution in [-0.4, -0.2) is 19.2 Å². The first-order chi connectivity index (χ1) is 13.5. The van der Waals surface area contributed by atoms with Crippen LogP contribution >= 0.6 is 0 Å². The number of carbonyl (C=O) groups is 1. The van der Waals surface area contributed by atoms with Crippen LogP contribution in [0.3, 0.4) is 0 Å². The first-order valence-electron chi connectivity index (χ1n) is 10.2. The number of esters is 1. The molecule has 28 heavy (non-hydrogen) atoms. The molecule has 2 bridgehead atoms. The van der Waals surface area contributed by atoms with Crippen molar-refractivity contribution in [1.82, 2.24) is 0 Å². The normalized spacial score (nSPS) is 23.0. The van der Waals surface area contributed by atoms with Gasteiger partial charge in [-0.25, -0.2) is 0 Å². The van der Waals surface area contributed by atoms with E-state index in [2.05, 4.69) is 62.4 Å². The van der Waals surface area contributed by atoms with Crippen LogP contribution in [0, 0.1) is 17.8 Å². The van der Waals surface area contributed by atoms with Crippen molar-refractivity contribution >= 4 is 5.97 Å². The molecule has 2 aromatic rings. The van der Waals surface area contributed by atoms with Gasteiger partial charge in [0.2, 0.25) is 0 Å². The van der Waals surface area contributed by atoms with E-state index >= 15 is 0 Å². The molecule has 2 aliphatic carbocycles. The van der Waals surface area contributed by atoms with Crippen LogP contribution in [0.15, 0.2) is 66.7 Å². The zero-order chi connectivity index (χ0) is 19.6. The third kappa shape index (κ3) is 3.84. The van der Waals surface area contributed by atoms with Gasteiger partial charge in [-0.15, -0.1) is 0 Å². The fraction of sp³-hybridized carbons (Fsp3) is 0.400. The molecule has 0 N–H and O–H groups in total. The van der Waals surface area contributed by atoms with Crippen molar-refractivity contribution in [2.24, 2.45) is 17.8 Å². The average molecular weight is 376 g/mol. The summed E-state index contributed by atoms with van der Waals surface area (Å²) in [5.74, 6) is 1.75. The van der Waals surface area contributed by atoms with E-state index < -0.39 is 0 Å². The molecule has 3 heteroatoms. The van der Waals surface area contributed by atoms with Gasteiger partial charge in [0, 0.05) is 5.41 Å². The zero-order valence-corrected chi connectivity index (χ0v) is 16.6. The molecule has 2 aromatic carbocycles. The molecule has 3 nitrogen and oxygen atoms in total. The smallest absolute Gasteiger partial charge is 0.309 e. The molecule has 0 heterocycles. The van der Waals surface area contributed by atoms with E-state index in [4.69, 9.17) is 9.47 Å². The van der Waals surface area contributed by atoms with E-state index in [9.17, 15) is 4.79 Å². The number of carbonyl (C=O) groups excluding carboxylic acids is 1. The monoisotopic (exact) mass is 376 g/mol. The van der Waals surface area contributed by atoms with Gasteiger partial charge in [0.25, 0.3) is 0 Å². The second-order valence-corrected chi connectivity index (χ2v) is 8.42. The first kappa shape index (κ1) is 18.8. The minimum Gasteiger partial charge on any atom is -0.490 e. The fourth-order valence-electron chi connectivity index (χ4n) is 4.45. The Labute approximate surface area is 167 Å². The molecule has 0 saturated heterocycles. The molecule has 0 spiro atoms. The average Bonchev–Trinajstić information content (AvgIpc) is 3.36. The molecule has 146 valence electrons. The predicted molar refractivity (Wildman–Crippen MR) is 110 cm³/mol. The van der Waals surface area contributed by atoms with Gasteiger partial charge in [-0.05, 0) is 47.9 Å². The molecule has 2 aliphatic rings. The minimum absolute atomic E-state index is 0.0505. The standard InChI is InChI=1S/C25H28O3/c1-25(2,20-6-4-3-5-7-20)21-10-12-22(13-11-21)27-14-15-28-24(26)23-17-18-8-9-19(23)16-18/h3-13,18-19,23H,14-17H2,1-2H3. The summed E-state index contributed by atoms with van der Waals surface area (Å²) in [7, 11) is 0. The summed E-state index contributed by atoms with van der Waals surface area (Å²) in [5.41, 5.74) is 2.46. The molecule has 0 aromatic heterocycles. The van der Waals surface area contributed by atoms with E-state index in [-0.39, 0.29) is 17.3 Å². The van der Waals surface area contributed by atoms with Gasteiger partial charge in [0.05, 0.1) is 5.92 Å². The molecule has 1 saturated carbocycles. The highest BCUT2D eigenvalue weighted by Gasteiger charge is 2.40.